The summed E-state index contributed by atoms with van der Waals surface area (Å²) in [6, 6.07) is 0.496. The summed E-state index contributed by atoms with van der Waals surface area (Å²) < 4.78 is 11.2. The van der Waals surface area contributed by atoms with E-state index >= 15 is 0 Å². The van der Waals surface area contributed by atoms with Gasteiger partial charge in [-0.25, -0.2) is 0 Å². The van der Waals surface area contributed by atoms with Gasteiger partial charge in [0.2, 0.25) is 0 Å². The van der Waals surface area contributed by atoms with Crippen molar-refractivity contribution < 1.29 is 9.47 Å². The molecule has 3 heteroatoms. The van der Waals surface area contributed by atoms with Crippen molar-refractivity contribution in [2.24, 2.45) is 0 Å². The van der Waals surface area contributed by atoms with E-state index in [1.54, 1.807) is 7.11 Å². The zero-order chi connectivity index (χ0) is 11.1. The summed E-state index contributed by atoms with van der Waals surface area (Å²) in [5.74, 6) is 0. The van der Waals surface area contributed by atoms with Crippen molar-refractivity contribution in [2.45, 2.75) is 57.8 Å². The van der Waals surface area contributed by atoms with Gasteiger partial charge in [-0.2, -0.15) is 0 Å². The first-order valence-corrected chi connectivity index (χ1v) is 6.21. The minimum atomic E-state index is 0.256. The van der Waals surface area contributed by atoms with E-state index in [9.17, 15) is 0 Å². The summed E-state index contributed by atoms with van der Waals surface area (Å²) in [6.07, 6.45) is 5.36. The first kappa shape index (κ1) is 12.9. The van der Waals surface area contributed by atoms with Crippen molar-refractivity contribution in [2.75, 3.05) is 20.3 Å². The van der Waals surface area contributed by atoms with Crippen molar-refractivity contribution in [3.05, 3.63) is 0 Å². The highest BCUT2D eigenvalue weighted by atomic mass is 16.5. The van der Waals surface area contributed by atoms with E-state index in [2.05, 4.69) is 19.2 Å². The van der Waals surface area contributed by atoms with Gasteiger partial charge in [0.05, 0.1) is 12.2 Å². The fraction of sp³-hybridized carbons (Fsp3) is 1.00. The Morgan fingerprint density at radius 3 is 2.67 bits per heavy atom. The molecule has 1 saturated carbocycles. The second kappa shape index (κ2) is 7.20. The average Bonchev–Trinajstić information content (AvgIpc) is 2.21. The van der Waals surface area contributed by atoms with Crippen LogP contribution in [0.1, 0.15) is 39.5 Å². The summed E-state index contributed by atoms with van der Waals surface area (Å²) in [7, 11) is 1.77. The van der Waals surface area contributed by atoms with Crippen LogP contribution in [0.5, 0.6) is 0 Å². The molecule has 0 bridgehead atoms. The van der Waals surface area contributed by atoms with Crippen LogP contribution in [0.4, 0.5) is 0 Å². The summed E-state index contributed by atoms with van der Waals surface area (Å²) in [6.45, 7) is 6.23. The third-order valence-electron chi connectivity index (χ3n) is 3.07. The van der Waals surface area contributed by atoms with E-state index < -0.39 is 0 Å². The predicted octanol–water partition coefficient (Wildman–Crippen LogP) is 1.96. The maximum absolute atomic E-state index is 5.80. The Bertz CT molecular complexity index is 164. The number of likely N-dealkylation sites (N-methyl/N-ethyl adjacent to an activating group) is 1. The molecule has 1 aliphatic carbocycles. The maximum atomic E-state index is 5.80. The molecule has 1 rings (SSSR count). The van der Waals surface area contributed by atoms with Gasteiger partial charge in [-0.15, -0.1) is 0 Å². The largest absolute Gasteiger partial charge is 0.377 e. The van der Waals surface area contributed by atoms with Crippen LogP contribution in [-0.4, -0.2) is 38.5 Å². The molecule has 0 aromatic carbocycles. The lowest BCUT2D eigenvalue weighted by molar-refractivity contribution is -0.133. The van der Waals surface area contributed by atoms with Gasteiger partial charge in [0.25, 0.3) is 0 Å². The van der Waals surface area contributed by atoms with E-state index in [4.69, 9.17) is 9.47 Å². The fourth-order valence-electron chi connectivity index (χ4n) is 2.11. The van der Waals surface area contributed by atoms with Gasteiger partial charge in [-0.05, 0) is 19.4 Å². The third kappa shape index (κ3) is 3.74. The molecule has 15 heavy (non-hydrogen) atoms. The lowest BCUT2D eigenvalue weighted by Gasteiger charge is -2.43. The van der Waals surface area contributed by atoms with Crippen molar-refractivity contribution in [3.8, 4) is 0 Å². The smallest absolute Gasteiger partial charge is 0.0986 e. The number of unbranched alkanes of at least 4 members (excludes halogenated alkanes) is 2. The van der Waals surface area contributed by atoms with E-state index in [-0.39, 0.29) is 6.10 Å². The molecule has 0 radical (unpaired) electrons. The topological polar surface area (TPSA) is 30.5 Å². The van der Waals surface area contributed by atoms with E-state index in [0.717, 1.165) is 19.6 Å². The Hall–Kier alpha value is -0.120. The standard InChI is InChI=1S/C12H25NO2/c1-4-6-7-8-15-11-9-10(13-5-2)12(11)14-3/h10-13H,4-9H2,1-3H3. The van der Waals surface area contributed by atoms with Gasteiger partial charge in [0.15, 0.2) is 0 Å². The summed E-state index contributed by atoms with van der Waals surface area (Å²) >= 11 is 0. The van der Waals surface area contributed by atoms with Crippen molar-refractivity contribution in [1.29, 1.82) is 0 Å². The first-order valence-electron chi connectivity index (χ1n) is 6.21. The van der Waals surface area contributed by atoms with Gasteiger partial charge in [-0.1, -0.05) is 26.7 Å². The lowest BCUT2D eigenvalue weighted by atomic mass is 9.85. The van der Waals surface area contributed by atoms with Crippen LogP contribution >= 0.6 is 0 Å². The van der Waals surface area contributed by atoms with E-state index in [0.29, 0.717) is 12.1 Å². The van der Waals surface area contributed by atoms with Crippen LogP contribution < -0.4 is 5.32 Å². The number of rotatable bonds is 8. The maximum Gasteiger partial charge on any atom is 0.0986 e. The zero-order valence-electron chi connectivity index (χ0n) is 10.3. The molecule has 0 heterocycles. The molecule has 90 valence electrons. The Morgan fingerprint density at radius 2 is 2.07 bits per heavy atom. The fourth-order valence-corrected chi connectivity index (χ4v) is 2.11. The van der Waals surface area contributed by atoms with Gasteiger partial charge >= 0.3 is 0 Å². The normalized spacial score (nSPS) is 30.2. The average molecular weight is 215 g/mol. The number of hydrogen-bond acceptors (Lipinski definition) is 3. The lowest BCUT2D eigenvalue weighted by Crippen LogP contribution is -2.59. The quantitative estimate of drug-likeness (QED) is 0.628. The minimum Gasteiger partial charge on any atom is -0.377 e. The SMILES string of the molecule is CCCCCOC1CC(NCC)C1OC. The molecule has 1 N–H and O–H groups in total. The predicted molar refractivity (Wildman–Crippen MR) is 62.1 cm³/mol. The number of nitrogens with one attached hydrogen (secondary N) is 1. The molecule has 3 nitrogen and oxygen atoms in total. The van der Waals surface area contributed by atoms with Crippen LogP contribution in [-0.2, 0) is 9.47 Å². The summed E-state index contributed by atoms with van der Waals surface area (Å²) in [4.78, 5) is 0. The molecule has 3 unspecified atom stereocenters. The van der Waals surface area contributed by atoms with Crippen molar-refractivity contribution >= 4 is 0 Å². The second-order valence-electron chi connectivity index (χ2n) is 4.22. The molecular formula is C12H25NO2. The van der Waals surface area contributed by atoms with Crippen LogP contribution in [0.2, 0.25) is 0 Å². The summed E-state index contributed by atoms with van der Waals surface area (Å²) in [5.41, 5.74) is 0. The molecule has 0 aromatic heterocycles. The van der Waals surface area contributed by atoms with Crippen LogP contribution in [0.3, 0.4) is 0 Å². The van der Waals surface area contributed by atoms with Crippen LogP contribution in [0, 0.1) is 0 Å². The molecule has 0 spiro atoms. The molecule has 3 atom stereocenters. The molecule has 1 fully saturated rings. The summed E-state index contributed by atoms with van der Waals surface area (Å²) in [5, 5.41) is 3.41. The van der Waals surface area contributed by atoms with Crippen LogP contribution in [0.25, 0.3) is 0 Å². The molecule has 0 saturated heterocycles. The molecule has 0 amide bonds. The van der Waals surface area contributed by atoms with Crippen molar-refractivity contribution in [1.82, 2.24) is 5.32 Å². The molecule has 0 aliphatic heterocycles. The monoisotopic (exact) mass is 215 g/mol. The Morgan fingerprint density at radius 1 is 1.27 bits per heavy atom. The molecular weight excluding hydrogens is 190 g/mol. The number of hydrogen-bond donors (Lipinski definition) is 1. The van der Waals surface area contributed by atoms with Crippen molar-refractivity contribution in [3.63, 3.8) is 0 Å². The highest BCUT2D eigenvalue weighted by Gasteiger charge is 2.41. The Kier molecular flexibility index (Phi) is 6.22. The Balaban J connectivity index is 2.10. The Labute approximate surface area is 93.5 Å². The number of methoxy groups -OCH3 is 1. The van der Waals surface area contributed by atoms with Gasteiger partial charge in [-0.3, -0.25) is 0 Å². The van der Waals surface area contributed by atoms with Gasteiger partial charge in [0, 0.05) is 19.8 Å². The van der Waals surface area contributed by atoms with Crippen LogP contribution in [0.15, 0.2) is 0 Å². The minimum absolute atomic E-state index is 0.256. The third-order valence-corrected chi connectivity index (χ3v) is 3.07. The number of ether oxygens (including phenoxy) is 2. The molecule has 0 aromatic rings. The first-order chi connectivity index (χ1) is 7.33. The zero-order valence-corrected chi connectivity index (χ0v) is 10.3. The van der Waals surface area contributed by atoms with E-state index in [1.165, 1.54) is 19.3 Å². The highest BCUT2D eigenvalue weighted by molar-refractivity contribution is 4.96. The second-order valence-corrected chi connectivity index (χ2v) is 4.22. The highest BCUT2D eigenvalue weighted by Crippen LogP contribution is 2.27. The van der Waals surface area contributed by atoms with E-state index in [1.807, 2.05) is 0 Å². The van der Waals surface area contributed by atoms with Gasteiger partial charge < -0.3 is 14.8 Å². The van der Waals surface area contributed by atoms with Gasteiger partial charge in [0.1, 0.15) is 0 Å². The molecule has 1 aliphatic rings.